The SMILES string of the molecule is C=C/N=N\C(=N/CC)C(C)C. The van der Waals surface area contributed by atoms with Crippen molar-refractivity contribution < 1.29 is 0 Å². The van der Waals surface area contributed by atoms with Gasteiger partial charge in [0.15, 0.2) is 0 Å². The highest BCUT2D eigenvalue weighted by atomic mass is 15.1. The van der Waals surface area contributed by atoms with Gasteiger partial charge in [-0.2, -0.15) is 5.11 Å². The Labute approximate surface area is 67.9 Å². The first-order chi connectivity index (χ1) is 5.22. The molecule has 0 rings (SSSR count). The first-order valence-electron chi connectivity index (χ1n) is 3.78. The molecule has 0 aliphatic heterocycles. The Kier molecular flexibility index (Phi) is 5.25. The molecule has 0 N–H and O–H groups in total. The Bertz CT molecular complexity index is 168. The summed E-state index contributed by atoms with van der Waals surface area (Å²) in [6, 6.07) is 0. The molecule has 62 valence electrons. The molecule has 0 aliphatic carbocycles. The van der Waals surface area contributed by atoms with Gasteiger partial charge in [-0.1, -0.05) is 20.4 Å². The lowest BCUT2D eigenvalue weighted by molar-refractivity contribution is 0.850. The summed E-state index contributed by atoms with van der Waals surface area (Å²) in [6.07, 6.45) is 1.41. The van der Waals surface area contributed by atoms with E-state index < -0.39 is 0 Å². The highest BCUT2D eigenvalue weighted by Crippen LogP contribution is 1.99. The second-order valence-electron chi connectivity index (χ2n) is 2.39. The van der Waals surface area contributed by atoms with E-state index in [0.29, 0.717) is 5.92 Å². The van der Waals surface area contributed by atoms with E-state index in [2.05, 4.69) is 21.8 Å². The molecular formula is C8H15N3. The zero-order chi connectivity index (χ0) is 8.69. The Morgan fingerprint density at radius 3 is 2.55 bits per heavy atom. The summed E-state index contributed by atoms with van der Waals surface area (Å²) < 4.78 is 0. The summed E-state index contributed by atoms with van der Waals surface area (Å²) in [6.45, 7) is 10.2. The molecule has 0 saturated heterocycles. The minimum Gasteiger partial charge on any atom is -0.269 e. The van der Waals surface area contributed by atoms with Crippen LogP contribution in [0.5, 0.6) is 0 Å². The average Bonchev–Trinajstić information content (AvgIpc) is 1.97. The third kappa shape index (κ3) is 4.42. The minimum absolute atomic E-state index is 0.332. The van der Waals surface area contributed by atoms with Crippen molar-refractivity contribution in [3.63, 3.8) is 0 Å². The monoisotopic (exact) mass is 153 g/mol. The van der Waals surface area contributed by atoms with Gasteiger partial charge in [-0.3, -0.25) is 4.99 Å². The molecule has 0 aliphatic rings. The van der Waals surface area contributed by atoms with Gasteiger partial charge in [-0.25, -0.2) is 0 Å². The molecule has 0 atom stereocenters. The van der Waals surface area contributed by atoms with Crippen molar-refractivity contribution in [2.75, 3.05) is 6.54 Å². The van der Waals surface area contributed by atoms with E-state index in [0.717, 1.165) is 12.4 Å². The van der Waals surface area contributed by atoms with Gasteiger partial charge in [0.2, 0.25) is 0 Å². The van der Waals surface area contributed by atoms with Gasteiger partial charge in [0.25, 0.3) is 0 Å². The minimum atomic E-state index is 0.332. The smallest absolute Gasteiger partial charge is 0.148 e. The summed E-state index contributed by atoms with van der Waals surface area (Å²) in [4.78, 5) is 4.17. The molecule has 3 heteroatoms. The van der Waals surface area contributed by atoms with Crippen LogP contribution in [0.2, 0.25) is 0 Å². The maximum atomic E-state index is 4.17. The van der Waals surface area contributed by atoms with Crippen LogP contribution in [0.4, 0.5) is 0 Å². The Hall–Kier alpha value is -0.990. The summed E-state index contributed by atoms with van der Waals surface area (Å²) in [5.74, 6) is 1.12. The highest BCUT2D eigenvalue weighted by Gasteiger charge is 2.00. The van der Waals surface area contributed by atoms with Crippen molar-refractivity contribution in [2.24, 2.45) is 21.1 Å². The maximum Gasteiger partial charge on any atom is 0.148 e. The van der Waals surface area contributed by atoms with Crippen molar-refractivity contribution in [3.05, 3.63) is 12.8 Å². The van der Waals surface area contributed by atoms with E-state index in [1.807, 2.05) is 20.8 Å². The van der Waals surface area contributed by atoms with Crippen LogP contribution in [0.25, 0.3) is 0 Å². The lowest BCUT2D eigenvalue weighted by atomic mass is 10.2. The van der Waals surface area contributed by atoms with Crippen LogP contribution >= 0.6 is 0 Å². The van der Waals surface area contributed by atoms with Crippen molar-refractivity contribution in [1.82, 2.24) is 0 Å². The largest absolute Gasteiger partial charge is 0.269 e. The average molecular weight is 153 g/mol. The van der Waals surface area contributed by atoms with Crippen LogP contribution in [0.15, 0.2) is 28.0 Å². The zero-order valence-corrected chi connectivity index (χ0v) is 7.41. The lowest BCUT2D eigenvalue weighted by Crippen LogP contribution is -2.03. The fourth-order valence-electron chi connectivity index (χ4n) is 0.592. The van der Waals surface area contributed by atoms with Crippen molar-refractivity contribution >= 4 is 5.84 Å². The van der Waals surface area contributed by atoms with Crippen LogP contribution in [-0.4, -0.2) is 12.4 Å². The number of hydrogen-bond donors (Lipinski definition) is 0. The number of amidine groups is 1. The van der Waals surface area contributed by atoms with E-state index in [4.69, 9.17) is 0 Å². The standard InChI is InChI=1S/C8H15N3/c1-5-9-8(7(3)4)11-10-6-2/h6-7H,2,5H2,1,3-4H3/b9-8-,11-10-. The topological polar surface area (TPSA) is 37.1 Å². The molecule has 0 aromatic rings. The normalized spacial score (nSPS) is 12.9. The second-order valence-corrected chi connectivity index (χ2v) is 2.39. The first-order valence-corrected chi connectivity index (χ1v) is 3.78. The van der Waals surface area contributed by atoms with Crippen molar-refractivity contribution in [1.29, 1.82) is 0 Å². The van der Waals surface area contributed by atoms with Gasteiger partial charge < -0.3 is 0 Å². The number of aliphatic imine (C=N–C) groups is 1. The highest BCUT2D eigenvalue weighted by molar-refractivity contribution is 5.84. The fourth-order valence-corrected chi connectivity index (χ4v) is 0.592. The lowest BCUT2D eigenvalue weighted by Gasteiger charge is -2.00. The molecule has 0 amide bonds. The van der Waals surface area contributed by atoms with Crippen LogP contribution in [0, 0.1) is 5.92 Å². The summed E-state index contributed by atoms with van der Waals surface area (Å²) >= 11 is 0. The molecule has 11 heavy (non-hydrogen) atoms. The third-order valence-electron chi connectivity index (χ3n) is 1.08. The Morgan fingerprint density at radius 2 is 2.18 bits per heavy atom. The number of azo groups is 1. The van der Waals surface area contributed by atoms with Gasteiger partial charge in [-0.05, 0) is 6.92 Å². The van der Waals surface area contributed by atoms with Gasteiger partial charge in [0, 0.05) is 18.7 Å². The molecule has 0 aromatic carbocycles. The number of nitrogens with zero attached hydrogens (tertiary/aromatic N) is 3. The Morgan fingerprint density at radius 1 is 1.55 bits per heavy atom. The predicted molar refractivity (Wildman–Crippen MR) is 47.9 cm³/mol. The van der Waals surface area contributed by atoms with Crippen LogP contribution in [-0.2, 0) is 0 Å². The molecule has 0 saturated carbocycles. The second kappa shape index (κ2) is 5.77. The predicted octanol–water partition coefficient (Wildman–Crippen LogP) is 2.66. The molecule has 0 aromatic heterocycles. The van der Waals surface area contributed by atoms with Gasteiger partial charge in [-0.15, -0.1) is 5.11 Å². The summed E-state index contributed by atoms with van der Waals surface area (Å²) in [5, 5.41) is 7.56. The van der Waals surface area contributed by atoms with E-state index in [9.17, 15) is 0 Å². The molecule has 3 nitrogen and oxygen atoms in total. The maximum absolute atomic E-state index is 4.17. The van der Waals surface area contributed by atoms with Gasteiger partial charge in [0.1, 0.15) is 5.84 Å². The number of rotatable bonds is 3. The fraction of sp³-hybridized carbons (Fsp3) is 0.625. The van der Waals surface area contributed by atoms with Crippen LogP contribution in [0.1, 0.15) is 20.8 Å². The van der Waals surface area contributed by atoms with Gasteiger partial charge in [0.05, 0.1) is 0 Å². The van der Waals surface area contributed by atoms with E-state index in [-0.39, 0.29) is 0 Å². The molecule has 0 heterocycles. The van der Waals surface area contributed by atoms with Gasteiger partial charge >= 0.3 is 0 Å². The molecular weight excluding hydrogens is 138 g/mol. The third-order valence-corrected chi connectivity index (χ3v) is 1.08. The van der Waals surface area contributed by atoms with Crippen LogP contribution in [0.3, 0.4) is 0 Å². The molecule has 0 radical (unpaired) electrons. The van der Waals surface area contributed by atoms with Crippen LogP contribution < -0.4 is 0 Å². The molecule has 0 fully saturated rings. The summed E-state index contributed by atoms with van der Waals surface area (Å²) in [7, 11) is 0. The molecule has 0 spiro atoms. The van der Waals surface area contributed by atoms with Crippen molar-refractivity contribution in [2.45, 2.75) is 20.8 Å². The van der Waals surface area contributed by atoms with E-state index >= 15 is 0 Å². The van der Waals surface area contributed by atoms with E-state index in [1.165, 1.54) is 6.20 Å². The van der Waals surface area contributed by atoms with Crippen molar-refractivity contribution in [3.8, 4) is 0 Å². The van der Waals surface area contributed by atoms with E-state index in [1.54, 1.807) is 0 Å². The quantitative estimate of drug-likeness (QED) is 0.339. The number of hydrogen-bond acceptors (Lipinski definition) is 2. The molecule has 0 unspecified atom stereocenters. The summed E-state index contributed by atoms with van der Waals surface area (Å²) in [5.41, 5.74) is 0. The Balaban J connectivity index is 4.22. The zero-order valence-electron chi connectivity index (χ0n) is 7.41. The molecule has 0 bridgehead atoms. The first kappa shape index (κ1) is 10.0.